The van der Waals surface area contributed by atoms with Crippen molar-refractivity contribution in [2.24, 2.45) is 5.92 Å². The second kappa shape index (κ2) is 9.77. The number of halogens is 1. The van der Waals surface area contributed by atoms with Crippen LogP contribution in [0.3, 0.4) is 0 Å². The van der Waals surface area contributed by atoms with Crippen LogP contribution in [-0.2, 0) is 16.0 Å². The average Bonchev–Trinajstić information content (AvgIpc) is 3.44. The first-order valence-corrected chi connectivity index (χ1v) is 11.0. The van der Waals surface area contributed by atoms with E-state index in [1.807, 2.05) is 24.3 Å². The van der Waals surface area contributed by atoms with Gasteiger partial charge in [-0.25, -0.2) is 4.39 Å². The largest absolute Gasteiger partial charge is 0.354 e. The molecule has 0 radical (unpaired) electrons. The molecular formula is C25H28FN3O2. The summed E-state index contributed by atoms with van der Waals surface area (Å²) in [5.41, 5.74) is 3.85. The maximum absolute atomic E-state index is 13.4. The summed E-state index contributed by atoms with van der Waals surface area (Å²) < 4.78 is 13.4. The lowest BCUT2D eigenvalue weighted by Crippen LogP contribution is -2.37. The van der Waals surface area contributed by atoms with Gasteiger partial charge in [0.2, 0.25) is 11.8 Å². The molecule has 31 heavy (non-hydrogen) atoms. The van der Waals surface area contributed by atoms with Gasteiger partial charge in [-0.05, 0) is 60.7 Å². The molecule has 1 aromatic heterocycles. The summed E-state index contributed by atoms with van der Waals surface area (Å²) in [5, 5.41) is 6.88. The van der Waals surface area contributed by atoms with Crippen molar-refractivity contribution in [2.45, 2.75) is 38.5 Å². The SMILES string of the molecule is O=C(CCc1c(-c2ccc(F)cc2)[nH]c2ccccc12)NCCNC(=O)C1CCCC1. The number of aromatic nitrogens is 1. The van der Waals surface area contributed by atoms with Gasteiger partial charge >= 0.3 is 0 Å². The molecule has 3 N–H and O–H groups in total. The number of aryl methyl sites for hydroxylation is 1. The number of H-pyrrole nitrogens is 1. The van der Waals surface area contributed by atoms with E-state index < -0.39 is 0 Å². The summed E-state index contributed by atoms with van der Waals surface area (Å²) in [6, 6.07) is 14.3. The lowest BCUT2D eigenvalue weighted by atomic mass is 10.0. The van der Waals surface area contributed by atoms with Gasteiger partial charge in [0, 0.05) is 42.0 Å². The van der Waals surface area contributed by atoms with Crippen LogP contribution in [0.5, 0.6) is 0 Å². The molecule has 0 spiro atoms. The molecule has 0 atom stereocenters. The van der Waals surface area contributed by atoms with Crippen LogP contribution < -0.4 is 10.6 Å². The Morgan fingerprint density at radius 1 is 0.968 bits per heavy atom. The molecule has 2 amide bonds. The number of rotatable bonds is 8. The van der Waals surface area contributed by atoms with E-state index in [1.54, 1.807) is 12.1 Å². The Balaban J connectivity index is 1.34. The van der Waals surface area contributed by atoms with Gasteiger partial charge in [-0.15, -0.1) is 0 Å². The highest BCUT2D eigenvalue weighted by Crippen LogP contribution is 2.31. The van der Waals surface area contributed by atoms with Crippen molar-refractivity contribution in [2.75, 3.05) is 13.1 Å². The molecule has 0 unspecified atom stereocenters. The van der Waals surface area contributed by atoms with Gasteiger partial charge in [-0.2, -0.15) is 0 Å². The van der Waals surface area contributed by atoms with Crippen LogP contribution in [-0.4, -0.2) is 29.9 Å². The van der Waals surface area contributed by atoms with Crippen molar-refractivity contribution in [3.63, 3.8) is 0 Å². The molecule has 1 aliphatic rings. The van der Waals surface area contributed by atoms with E-state index in [0.29, 0.717) is 25.9 Å². The van der Waals surface area contributed by atoms with Crippen molar-refractivity contribution >= 4 is 22.7 Å². The smallest absolute Gasteiger partial charge is 0.223 e. The number of nitrogens with one attached hydrogen (secondary N) is 3. The molecule has 3 aromatic rings. The van der Waals surface area contributed by atoms with Crippen molar-refractivity contribution < 1.29 is 14.0 Å². The fourth-order valence-corrected chi connectivity index (χ4v) is 4.37. The van der Waals surface area contributed by atoms with Gasteiger partial charge in [-0.3, -0.25) is 9.59 Å². The van der Waals surface area contributed by atoms with E-state index in [4.69, 9.17) is 0 Å². The molecule has 4 rings (SSSR count). The average molecular weight is 422 g/mol. The van der Waals surface area contributed by atoms with Gasteiger partial charge in [-0.1, -0.05) is 31.0 Å². The lowest BCUT2D eigenvalue weighted by Gasteiger charge is -2.11. The van der Waals surface area contributed by atoms with Crippen LogP contribution >= 0.6 is 0 Å². The molecule has 5 nitrogen and oxygen atoms in total. The molecule has 2 aromatic carbocycles. The number of hydrogen-bond acceptors (Lipinski definition) is 2. The molecular weight excluding hydrogens is 393 g/mol. The van der Waals surface area contributed by atoms with Crippen LogP contribution in [0.4, 0.5) is 4.39 Å². The number of carbonyl (C=O) groups excluding carboxylic acids is 2. The number of carbonyl (C=O) groups is 2. The normalized spacial score (nSPS) is 14.1. The first kappa shape index (κ1) is 21.1. The standard InChI is InChI=1S/C25H28FN3O2/c26-19-11-9-17(10-12-19)24-21(20-7-3-4-8-22(20)29-24)13-14-23(30)27-15-16-28-25(31)18-5-1-2-6-18/h3-4,7-12,18,29H,1-2,5-6,13-16H2,(H,27,30)(H,28,31). The zero-order valence-corrected chi connectivity index (χ0v) is 17.5. The van der Waals surface area contributed by atoms with Crippen LogP contribution in [0.15, 0.2) is 48.5 Å². The third-order valence-electron chi connectivity index (χ3n) is 6.02. The predicted octanol–water partition coefficient (Wildman–Crippen LogP) is 4.33. The van der Waals surface area contributed by atoms with E-state index in [0.717, 1.165) is 53.4 Å². The third-order valence-corrected chi connectivity index (χ3v) is 6.02. The van der Waals surface area contributed by atoms with Crippen LogP contribution in [0.2, 0.25) is 0 Å². The van der Waals surface area contributed by atoms with E-state index in [2.05, 4.69) is 15.6 Å². The van der Waals surface area contributed by atoms with Crippen LogP contribution in [0.1, 0.15) is 37.7 Å². The van der Waals surface area contributed by atoms with Crippen molar-refractivity contribution in [3.8, 4) is 11.3 Å². The van der Waals surface area contributed by atoms with E-state index in [1.165, 1.54) is 12.1 Å². The minimum Gasteiger partial charge on any atom is -0.354 e. The van der Waals surface area contributed by atoms with E-state index in [-0.39, 0.29) is 23.5 Å². The van der Waals surface area contributed by atoms with Gasteiger partial charge in [0.1, 0.15) is 5.82 Å². The fraction of sp³-hybridized carbons (Fsp3) is 0.360. The second-order valence-corrected chi connectivity index (χ2v) is 8.15. The summed E-state index contributed by atoms with van der Waals surface area (Å²) in [7, 11) is 0. The maximum atomic E-state index is 13.4. The Hall–Kier alpha value is -3.15. The van der Waals surface area contributed by atoms with Crippen molar-refractivity contribution in [3.05, 3.63) is 59.9 Å². The summed E-state index contributed by atoms with van der Waals surface area (Å²) in [5.74, 6) is -0.0804. The first-order chi connectivity index (χ1) is 15.1. The number of benzene rings is 2. The molecule has 1 aliphatic carbocycles. The first-order valence-electron chi connectivity index (χ1n) is 11.0. The minimum absolute atomic E-state index is 0.0505. The Morgan fingerprint density at radius 3 is 2.45 bits per heavy atom. The summed E-state index contributed by atoms with van der Waals surface area (Å²) >= 11 is 0. The van der Waals surface area contributed by atoms with Gasteiger partial charge in [0.25, 0.3) is 0 Å². The predicted molar refractivity (Wildman–Crippen MR) is 120 cm³/mol. The Bertz CT molecular complexity index is 1050. The zero-order valence-electron chi connectivity index (χ0n) is 17.5. The maximum Gasteiger partial charge on any atom is 0.223 e. The monoisotopic (exact) mass is 421 g/mol. The number of aromatic amines is 1. The summed E-state index contributed by atoms with van der Waals surface area (Å²) in [6.07, 6.45) is 5.10. The quantitative estimate of drug-likeness (QED) is 0.474. The summed E-state index contributed by atoms with van der Waals surface area (Å²) in [6.45, 7) is 0.880. The molecule has 1 heterocycles. The fourth-order valence-electron chi connectivity index (χ4n) is 4.37. The molecule has 6 heteroatoms. The molecule has 0 saturated heterocycles. The van der Waals surface area contributed by atoms with Gasteiger partial charge < -0.3 is 15.6 Å². The molecule has 1 fully saturated rings. The highest BCUT2D eigenvalue weighted by molar-refractivity contribution is 5.91. The zero-order chi connectivity index (χ0) is 21.6. The lowest BCUT2D eigenvalue weighted by molar-refractivity contribution is -0.125. The number of fused-ring (bicyclic) bond motifs is 1. The van der Waals surface area contributed by atoms with Crippen molar-refractivity contribution in [1.82, 2.24) is 15.6 Å². The molecule has 0 bridgehead atoms. The van der Waals surface area contributed by atoms with Gasteiger partial charge in [0.15, 0.2) is 0 Å². The Kier molecular flexibility index (Phi) is 6.65. The van der Waals surface area contributed by atoms with Gasteiger partial charge in [0.05, 0.1) is 0 Å². The van der Waals surface area contributed by atoms with Crippen molar-refractivity contribution in [1.29, 1.82) is 0 Å². The highest BCUT2D eigenvalue weighted by atomic mass is 19.1. The van der Waals surface area contributed by atoms with Crippen LogP contribution in [0.25, 0.3) is 22.2 Å². The Labute approximate surface area is 181 Å². The highest BCUT2D eigenvalue weighted by Gasteiger charge is 2.22. The summed E-state index contributed by atoms with van der Waals surface area (Å²) in [4.78, 5) is 27.8. The minimum atomic E-state index is -0.277. The Morgan fingerprint density at radius 2 is 1.68 bits per heavy atom. The molecule has 162 valence electrons. The third kappa shape index (κ3) is 5.13. The van der Waals surface area contributed by atoms with E-state index >= 15 is 0 Å². The number of para-hydroxylation sites is 1. The molecule has 0 aliphatic heterocycles. The number of amides is 2. The topological polar surface area (TPSA) is 74.0 Å². The number of hydrogen-bond donors (Lipinski definition) is 3. The second-order valence-electron chi connectivity index (χ2n) is 8.15. The van der Waals surface area contributed by atoms with E-state index in [9.17, 15) is 14.0 Å². The van der Waals surface area contributed by atoms with Crippen LogP contribution in [0, 0.1) is 11.7 Å². The molecule has 1 saturated carbocycles.